The van der Waals surface area contributed by atoms with Gasteiger partial charge in [-0.15, -0.1) is 0 Å². The number of aliphatic hydroxyl groups is 1. The van der Waals surface area contributed by atoms with Gasteiger partial charge in [0.2, 0.25) is 0 Å². The Morgan fingerprint density at radius 1 is 0.957 bits per heavy atom. The van der Waals surface area contributed by atoms with Crippen molar-refractivity contribution in [1.29, 1.82) is 0 Å². The second-order valence-electron chi connectivity index (χ2n) is 5.71. The minimum Gasteiger partial charge on any atom is -0.494 e. The third-order valence-electron chi connectivity index (χ3n) is 3.75. The topological polar surface area (TPSA) is 41.9 Å². The fraction of sp³-hybridized carbons (Fsp3) is 0.684. The molecule has 0 heterocycles. The van der Waals surface area contributed by atoms with Crippen LogP contribution < -0.4 is 9.47 Å². The SMILES string of the molecule is CCCN(CCC)CCC(O)c1ccc(OCC)cc1OCC. The lowest BCUT2D eigenvalue weighted by Crippen LogP contribution is -2.27. The van der Waals surface area contributed by atoms with Crippen molar-refractivity contribution in [3.8, 4) is 11.5 Å². The molecule has 0 aromatic heterocycles. The summed E-state index contributed by atoms with van der Waals surface area (Å²) in [6.07, 6.45) is 2.49. The van der Waals surface area contributed by atoms with Crippen molar-refractivity contribution < 1.29 is 14.6 Å². The highest BCUT2D eigenvalue weighted by Gasteiger charge is 2.16. The molecule has 1 atom stereocenters. The van der Waals surface area contributed by atoms with Gasteiger partial charge < -0.3 is 19.5 Å². The molecule has 0 fully saturated rings. The normalized spacial score (nSPS) is 12.4. The van der Waals surface area contributed by atoms with Crippen LogP contribution in [0.5, 0.6) is 11.5 Å². The van der Waals surface area contributed by atoms with Crippen LogP contribution in [0, 0.1) is 0 Å². The third-order valence-corrected chi connectivity index (χ3v) is 3.75. The fourth-order valence-electron chi connectivity index (χ4n) is 2.76. The van der Waals surface area contributed by atoms with Crippen molar-refractivity contribution >= 4 is 0 Å². The van der Waals surface area contributed by atoms with Crippen LogP contribution in [0.3, 0.4) is 0 Å². The van der Waals surface area contributed by atoms with Gasteiger partial charge in [-0.3, -0.25) is 0 Å². The van der Waals surface area contributed by atoms with Crippen molar-refractivity contribution in [3.05, 3.63) is 23.8 Å². The largest absolute Gasteiger partial charge is 0.494 e. The Kier molecular flexibility index (Phi) is 9.72. The second kappa shape index (κ2) is 11.3. The highest BCUT2D eigenvalue weighted by atomic mass is 16.5. The average Bonchev–Trinajstić information content (AvgIpc) is 2.54. The van der Waals surface area contributed by atoms with Gasteiger partial charge in [-0.2, -0.15) is 0 Å². The number of rotatable bonds is 12. The molecule has 0 bridgehead atoms. The smallest absolute Gasteiger partial charge is 0.128 e. The monoisotopic (exact) mass is 323 g/mol. The van der Waals surface area contributed by atoms with Gasteiger partial charge in [0.15, 0.2) is 0 Å². The van der Waals surface area contributed by atoms with Gasteiger partial charge in [0.05, 0.1) is 19.3 Å². The highest BCUT2D eigenvalue weighted by Crippen LogP contribution is 2.31. The molecule has 0 aliphatic rings. The zero-order valence-corrected chi connectivity index (χ0v) is 15.2. The Balaban J connectivity index is 2.74. The molecule has 0 amide bonds. The maximum Gasteiger partial charge on any atom is 0.128 e. The van der Waals surface area contributed by atoms with Crippen LogP contribution in [0.15, 0.2) is 18.2 Å². The van der Waals surface area contributed by atoms with Crippen LogP contribution in [-0.2, 0) is 0 Å². The van der Waals surface area contributed by atoms with Crippen LogP contribution in [0.2, 0.25) is 0 Å². The first-order valence-electron chi connectivity index (χ1n) is 8.96. The third kappa shape index (κ3) is 6.80. The van der Waals surface area contributed by atoms with Crippen molar-refractivity contribution in [3.63, 3.8) is 0 Å². The number of hydrogen-bond acceptors (Lipinski definition) is 4. The maximum atomic E-state index is 10.6. The molecule has 132 valence electrons. The summed E-state index contributed by atoms with van der Waals surface area (Å²) in [4.78, 5) is 2.41. The summed E-state index contributed by atoms with van der Waals surface area (Å²) < 4.78 is 11.2. The molecule has 23 heavy (non-hydrogen) atoms. The lowest BCUT2D eigenvalue weighted by molar-refractivity contribution is 0.137. The van der Waals surface area contributed by atoms with Crippen LogP contribution in [0.1, 0.15) is 58.6 Å². The number of ether oxygens (including phenoxy) is 2. The van der Waals surface area contributed by atoms with E-state index in [1.807, 2.05) is 32.0 Å². The molecule has 0 radical (unpaired) electrons. The number of benzene rings is 1. The zero-order chi connectivity index (χ0) is 17.1. The molecular weight excluding hydrogens is 290 g/mol. The fourth-order valence-corrected chi connectivity index (χ4v) is 2.76. The van der Waals surface area contributed by atoms with Gasteiger partial charge >= 0.3 is 0 Å². The molecule has 0 saturated carbocycles. The van der Waals surface area contributed by atoms with E-state index < -0.39 is 6.10 Å². The summed E-state index contributed by atoms with van der Waals surface area (Å²) >= 11 is 0. The molecule has 0 saturated heterocycles. The Morgan fingerprint density at radius 3 is 2.17 bits per heavy atom. The van der Waals surface area contributed by atoms with Crippen molar-refractivity contribution in [2.45, 2.75) is 53.1 Å². The molecule has 1 rings (SSSR count). The predicted octanol–water partition coefficient (Wildman–Crippen LogP) is 4.03. The van der Waals surface area contributed by atoms with Crippen LogP contribution >= 0.6 is 0 Å². The van der Waals surface area contributed by atoms with Crippen molar-refractivity contribution in [2.75, 3.05) is 32.8 Å². The van der Waals surface area contributed by atoms with E-state index in [1.54, 1.807) is 0 Å². The summed E-state index contributed by atoms with van der Waals surface area (Å²) in [7, 11) is 0. The molecule has 1 unspecified atom stereocenters. The summed E-state index contributed by atoms with van der Waals surface area (Å²) in [5.74, 6) is 1.51. The lowest BCUT2D eigenvalue weighted by atomic mass is 10.0. The molecular formula is C19H33NO3. The van der Waals surface area contributed by atoms with Crippen LogP contribution in [0.4, 0.5) is 0 Å². The Bertz CT molecular complexity index is 431. The lowest BCUT2D eigenvalue weighted by Gasteiger charge is -2.23. The molecule has 0 aliphatic heterocycles. The second-order valence-corrected chi connectivity index (χ2v) is 5.71. The molecule has 0 spiro atoms. The summed E-state index contributed by atoms with van der Waals surface area (Å²) in [5.41, 5.74) is 0.850. The quantitative estimate of drug-likeness (QED) is 0.630. The maximum absolute atomic E-state index is 10.6. The minimum absolute atomic E-state index is 0.511. The van der Waals surface area contributed by atoms with E-state index in [0.717, 1.165) is 49.5 Å². The predicted molar refractivity (Wildman–Crippen MR) is 95.4 cm³/mol. The van der Waals surface area contributed by atoms with E-state index in [9.17, 15) is 5.11 Å². The first-order valence-corrected chi connectivity index (χ1v) is 8.96. The van der Waals surface area contributed by atoms with E-state index in [0.29, 0.717) is 19.6 Å². The Hall–Kier alpha value is -1.26. The minimum atomic E-state index is -0.511. The molecule has 4 heteroatoms. The summed E-state index contributed by atoms with van der Waals surface area (Å²) in [6.45, 7) is 12.6. The first-order chi connectivity index (χ1) is 11.2. The number of hydrogen-bond donors (Lipinski definition) is 1. The van der Waals surface area contributed by atoms with Gasteiger partial charge in [-0.1, -0.05) is 13.8 Å². The van der Waals surface area contributed by atoms with E-state index in [2.05, 4.69) is 18.7 Å². The molecule has 1 aromatic rings. The zero-order valence-electron chi connectivity index (χ0n) is 15.2. The van der Waals surface area contributed by atoms with Gasteiger partial charge in [0.1, 0.15) is 11.5 Å². The summed E-state index contributed by atoms with van der Waals surface area (Å²) in [6, 6.07) is 5.70. The van der Waals surface area contributed by atoms with Gasteiger partial charge in [0.25, 0.3) is 0 Å². The number of aliphatic hydroxyl groups excluding tert-OH is 1. The van der Waals surface area contributed by atoms with E-state index >= 15 is 0 Å². The molecule has 4 nitrogen and oxygen atoms in total. The van der Waals surface area contributed by atoms with Crippen LogP contribution in [-0.4, -0.2) is 42.9 Å². The van der Waals surface area contributed by atoms with Crippen LogP contribution in [0.25, 0.3) is 0 Å². The first kappa shape index (κ1) is 19.8. The average molecular weight is 323 g/mol. The summed E-state index contributed by atoms with van der Waals surface area (Å²) in [5, 5.41) is 10.6. The molecule has 1 aromatic carbocycles. The molecule has 0 aliphatic carbocycles. The van der Waals surface area contributed by atoms with Gasteiger partial charge in [-0.25, -0.2) is 0 Å². The van der Waals surface area contributed by atoms with Crippen molar-refractivity contribution in [2.24, 2.45) is 0 Å². The van der Waals surface area contributed by atoms with Gasteiger partial charge in [0, 0.05) is 18.2 Å². The van der Waals surface area contributed by atoms with E-state index in [1.165, 1.54) is 0 Å². The Labute approximate surface area is 141 Å². The standard InChI is InChI=1S/C19H33NO3/c1-5-12-20(13-6-2)14-11-18(21)17-10-9-16(22-7-3)15-19(17)23-8-4/h9-10,15,18,21H,5-8,11-14H2,1-4H3. The van der Waals surface area contributed by atoms with E-state index in [4.69, 9.17) is 9.47 Å². The Morgan fingerprint density at radius 2 is 1.61 bits per heavy atom. The van der Waals surface area contributed by atoms with Crippen molar-refractivity contribution in [1.82, 2.24) is 4.90 Å². The highest BCUT2D eigenvalue weighted by molar-refractivity contribution is 5.42. The molecule has 1 N–H and O–H groups in total. The number of nitrogens with zero attached hydrogens (tertiary/aromatic N) is 1. The van der Waals surface area contributed by atoms with Gasteiger partial charge in [-0.05, 0) is 58.3 Å². The van der Waals surface area contributed by atoms with E-state index in [-0.39, 0.29) is 0 Å².